The summed E-state index contributed by atoms with van der Waals surface area (Å²) in [4.78, 5) is 13.0. The van der Waals surface area contributed by atoms with Gasteiger partial charge in [0.15, 0.2) is 5.82 Å². The maximum absolute atomic E-state index is 10.3. The van der Waals surface area contributed by atoms with E-state index in [9.17, 15) is 5.11 Å². The largest absolute Gasteiger partial charge is 0.507 e. The van der Waals surface area contributed by atoms with Crippen molar-refractivity contribution in [1.82, 2.24) is 15.0 Å². The van der Waals surface area contributed by atoms with Gasteiger partial charge in [0.05, 0.1) is 5.56 Å². The highest BCUT2D eigenvalue weighted by Crippen LogP contribution is 2.32. The van der Waals surface area contributed by atoms with Gasteiger partial charge in [-0.2, -0.15) is 0 Å². The molecule has 1 atom stereocenters. The molecule has 0 saturated carbocycles. The molecule has 1 unspecified atom stereocenters. The van der Waals surface area contributed by atoms with Crippen molar-refractivity contribution in [3.05, 3.63) is 54.5 Å². The van der Waals surface area contributed by atoms with E-state index in [1.807, 2.05) is 38.2 Å². The van der Waals surface area contributed by atoms with Gasteiger partial charge in [0.2, 0.25) is 0 Å². The maximum Gasteiger partial charge on any atom is 0.165 e. The second-order valence-corrected chi connectivity index (χ2v) is 6.24. The Kier molecular flexibility index (Phi) is 5.43. The van der Waals surface area contributed by atoms with Crippen LogP contribution in [0.5, 0.6) is 5.75 Å². The molecule has 0 fully saturated rings. The number of benzene rings is 1. The molecule has 2 aromatic heterocycles. The first-order chi connectivity index (χ1) is 12.6. The lowest BCUT2D eigenvalue weighted by atomic mass is 10.00. The molecule has 0 aliphatic carbocycles. The highest BCUT2D eigenvalue weighted by molar-refractivity contribution is 5.75. The van der Waals surface area contributed by atoms with Crippen molar-refractivity contribution in [2.45, 2.75) is 26.3 Å². The van der Waals surface area contributed by atoms with Crippen LogP contribution in [-0.2, 0) is 0 Å². The Morgan fingerprint density at radius 3 is 2.77 bits per heavy atom. The van der Waals surface area contributed by atoms with Crippen LogP contribution in [0.25, 0.3) is 22.5 Å². The summed E-state index contributed by atoms with van der Waals surface area (Å²) >= 11 is 0. The van der Waals surface area contributed by atoms with Crippen LogP contribution in [0.2, 0.25) is 0 Å². The van der Waals surface area contributed by atoms with Gasteiger partial charge in [0.1, 0.15) is 11.6 Å². The number of nitrogens with zero attached hydrogens (tertiary/aromatic N) is 3. The number of aromatic nitrogens is 3. The molecule has 0 bridgehead atoms. The molecule has 134 valence electrons. The van der Waals surface area contributed by atoms with E-state index in [-0.39, 0.29) is 11.8 Å². The molecule has 3 aromatic rings. The molecule has 6 heteroatoms. The summed E-state index contributed by atoms with van der Waals surface area (Å²) in [5, 5.41) is 13.5. The van der Waals surface area contributed by atoms with E-state index >= 15 is 0 Å². The van der Waals surface area contributed by atoms with Crippen LogP contribution in [0.15, 0.2) is 48.9 Å². The van der Waals surface area contributed by atoms with Crippen molar-refractivity contribution in [2.24, 2.45) is 5.73 Å². The second kappa shape index (κ2) is 7.93. The van der Waals surface area contributed by atoms with Gasteiger partial charge < -0.3 is 16.2 Å². The Labute approximate surface area is 153 Å². The lowest BCUT2D eigenvalue weighted by Gasteiger charge is -2.12. The van der Waals surface area contributed by atoms with Gasteiger partial charge in [-0.25, -0.2) is 9.97 Å². The third-order valence-electron chi connectivity index (χ3n) is 4.31. The number of aromatic hydroxyl groups is 1. The molecule has 0 saturated heterocycles. The predicted octanol–water partition coefficient (Wildman–Crippen LogP) is 3.37. The zero-order chi connectivity index (χ0) is 18.5. The van der Waals surface area contributed by atoms with E-state index in [4.69, 9.17) is 5.73 Å². The molecule has 0 radical (unpaired) electrons. The maximum atomic E-state index is 10.3. The van der Waals surface area contributed by atoms with Gasteiger partial charge in [0, 0.05) is 36.7 Å². The molecule has 0 aliphatic heterocycles. The lowest BCUT2D eigenvalue weighted by molar-refractivity contribution is 0.477. The third kappa shape index (κ3) is 3.97. The minimum Gasteiger partial charge on any atom is -0.507 e. The standard InChI is InChI=1S/C20H23N5O/c1-3-15(21)11-24-19-7-9-23-20(25-19)16-10-14(4-5-18(16)26)17-12-22-8-6-13(17)2/h4-10,12,15,26H,3,11,21H2,1-2H3,(H,23,24,25). The predicted molar refractivity (Wildman–Crippen MR) is 104 cm³/mol. The minimum absolute atomic E-state index is 0.0682. The van der Waals surface area contributed by atoms with Crippen LogP contribution < -0.4 is 11.1 Å². The van der Waals surface area contributed by atoms with E-state index in [1.165, 1.54) is 0 Å². The normalized spacial score (nSPS) is 12.0. The Balaban J connectivity index is 1.94. The Bertz CT molecular complexity index is 897. The van der Waals surface area contributed by atoms with Gasteiger partial charge in [0.25, 0.3) is 0 Å². The van der Waals surface area contributed by atoms with Crippen LogP contribution in [0.4, 0.5) is 5.82 Å². The monoisotopic (exact) mass is 349 g/mol. The number of aryl methyl sites for hydroxylation is 1. The number of nitrogens with one attached hydrogen (secondary N) is 1. The number of phenolic OH excluding ortho intramolecular Hbond substituents is 1. The summed E-state index contributed by atoms with van der Waals surface area (Å²) in [5.74, 6) is 1.28. The zero-order valence-electron chi connectivity index (χ0n) is 15.0. The van der Waals surface area contributed by atoms with Crippen LogP contribution in [0.1, 0.15) is 18.9 Å². The highest BCUT2D eigenvalue weighted by atomic mass is 16.3. The Morgan fingerprint density at radius 2 is 2.00 bits per heavy atom. The highest BCUT2D eigenvalue weighted by Gasteiger charge is 2.12. The number of pyridine rings is 1. The van der Waals surface area contributed by atoms with Crippen LogP contribution in [-0.4, -0.2) is 32.6 Å². The number of rotatable bonds is 6. The Hall–Kier alpha value is -2.99. The fourth-order valence-corrected chi connectivity index (χ4v) is 2.62. The molecule has 4 N–H and O–H groups in total. The molecule has 2 heterocycles. The van der Waals surface area contributed by atoms with Crippen molar-refractivity contribution < 1.29 is 5.11 Å². The quantitative estimate of drug-likeness (QED) is 0.631. The average Bonchev–Trinajstić information content (AvgIpc) is 2.67. The number of nitrogens with two attached hydrogens (primary N) is 1. The van der Waals surface area contributed by atoms with Crippen molar-refractivity contribution >= 4 is 5.82 Å². The lowest BCUT2D eigenvalue weighted by Crippen LogP contribution is -2.28. The SMILES string of the molecule is CCC(N)CNc1ccnc(-c2cc(-c3cnccc3C)ccc2O)n1. The minimum atomic E-state index is 0.0682. The zero-order valence-corrected chi connectivity index (χ0v) is 15.0. The van der Waals surface area contributed by atoms with E-state index in [2.05, 4.69) is 20.3 Å². The van der Waals surface area contributed by atoms with Crippen molar-refractivity contribution in [3.63, 3.8) is 0 Å². The van der Waals surface area contributed by atoms with E-state index in [0.717, 1.165) is 23.1 Å². The summed E-state index contributed by atoms with van der Waals surface area (Å²) < 4.78 is 0. The van der Waals surface area contributed by atoms with Crippen molar-refractivity contribution in [2.75, 3.05) is 11.9 Å². The van der Waals surface area contributed by atoms with Crippen molar-refractivity contribution in [1.29, 1.82) is 0 Å². The van der Waals surface area contributed by atoms with Gasteiger partial charge >= 0.3 is 0 Å². The smallest absolute Gasteiger partial charge is 0.165 e. The van der Waals surface area contributed by atoms with Crippen LogP contribution >= 0.6 is 0 Å². The molecule has 0 amide bonds. The molecule has 26 heavy (non-hydrogen) atoms. The van der Waals surface area contributed by atoms with Crippen molar-refractivity contribution in [3.8, 4) is 28.3 Å². The second-order valence-electron chi connectivity index (χ2n) is 6.24. The molecule has 0 aliphatic rings. The topological polar surface area (TPSA) is 97.0 Å². The molecular weight excluding hydrogens is 326 g/mol. The van der Waals surface area contributed by atoms with Gasteiger partial charge in [-0.05, 0) is 48.7 Å². The first kappa shape index (κ1) is 17.8. The summed E-state index contributed by atoms with van der Waals surface area (Å²) in [5.41, 5.74) is 9.60. The van der Waals surface area contributed by atoms with Gasteiger partial charge in [-0.1, -0.05) is 13.0 Å². The number of hydrogen-bond donors (Lipinski definition) is 3. The number of hydrogen-bond acceptors (Lipinski definition) is 6. The number of phenols is 1. The number of anilines is 1. The molecule has 0 spiro atoms. The first-order valence-electron chi connectivity index (χ1n) is 8.65. The van der Waals surface area contributed by atoms with E-state index < -0.39 is 0 Å². The summed E-state index contributed by atoms with van der Waals surface area (Å²) in [6.07, 6.45) is 6.14. The molecular formula is C20H23N5O. The van der Waals surface area contributed by atoms with Crippen LogP contribution in [0, 0.1) is 6.92 Å². The summed E-state index contributed by atoms with van der Waals surface area (Å²) in [6.45, 7) is 4.71. The Morgan fingerprint density at radius 1 is 1.15 bits per heavy atom. The molecule has 6 nitrogen and oxygen atoms in total. The molecule has 3 rings (SSSR count). The summed E-state index contributed by atoms with van der Waals surface area (Å²) in [6, 6.07) is 9.23. The van der Waals surface area contributed by atoms with E-state index in [1.54, 1.807) is 24.5 Å². The van der Waals surface area contributed by atoms with Crippen LogP contribution in [0.3, 0.4) is 0 Å². The fourth-order valence-electron chi connectivity index (χ4n) is 2.62. The van der Waals surface area contributed by atoms with E-state index in [0.29, 0.717) is 23.8 Å². The molecule has 1 aromatic carbocycles. The third-order valence-corrected chi connectivity index (χ3v) is 4.31. The van der Waals surface area contributed by atoms with Gasteiger partial charge in [-0.3, -0.25) is 4.98 Å². The first-order valence-corrected chi connectivity index (χ1v) is 8.65. The fraction of sp³-hybridized carbons (Fsp3) is 0.250. The average molecular weight is 349 g/mol. The summed E-state index contributed by atoms with van der Waals surface area (Å²) in [7, 11) is 0. The van der Waals surface area contributed by atoms with Gasteiger partial charge in [-0.15, -0.1) is 0 Å².